The highest BCUT2D eigenvalue weighted by Gasteiger charge is 2.23. The molecule has 1 N–H and O–H groups in total. The number of esters is 1. The number of methoxy groups -OCH3 is 1. The van der Waals surface area contributed by atoms with Crippen LogP contribution in [0.5, 0.6) is 0 Å². The molecule has 10 heteroatoms. The molecule has 2 heterocycles. The summed E-state index contributed by atoms with van der Waals surface area (Å²) in [6.45, 7) is 1.79. The molecular weight excluding hydrogens is 499 g/mol. The van der Waals surface area contributed by atoms with Crippen LogP contribution in [0.15, 0.2) is 60.8 Å². The van der Waals surface area contributed by atoms with E-state index in [9.17, 15) is 9.59 Å². The Morgan fingerprint density at radius 1 is 0.971 bits per heavy atom. The summed E-state index contributed by atoms with van der Waals surface area (Å²) in [4.78, 5) is 28.9. The molecule has 0 fully saturated rings. The average Bonchev–Trinajstić information content (AvgIpc) is 3.16. The van der Waals surface area contributed by atoms with Gasteiger partial charge in [-0.25, -0.2) is 14.5 Å². The summed E-state index contributed by atoms with van der Waals surface area (Å²) < 4.78 is 6.28. The Hall–Kier alpha value is -3.39. The van der Waals surface area contributed by atoms with Crippen LogP contribution in [0.4, 0.5) is 5.69 Å². The number of amides is 1. The molecule has 2 aromatic heterocycles. The van der Waals surface area contributed by atoms with Crippen LogP contribution in [-0.2, 0) is 4.74 Å². The molecule has 0 atom stereocenters. The smallest absolute Gasteiger partial charge is 0.356 e. The fourth-order valence-electron chi connectivity index (χ4n) is 3.40. The van der Waals surface area contributed by atoms with Crippen LogP contribution in [0.25, 0.3) is 16.9 Å². The number of nitrogens with zero attached hydrogens (tertiary/aromatic N) is 3. The van der Waals surface area contributed by atoms with Gasteiger partial charge in [-0.15, -0.1) is 0 Å². The Labute approximate surface area is 210 Å². The Balaban J connectivity index is 1.80. The van der Waals surface area contributed by atoms with Crippen molar-refractivity contribution in [3.8, 4) is 16.9 Å². The van der Waals surface area contributed by atoms with Crippen molar-refractivity contribution in [2.75, 3.05) is 12.4 Å². The average molecular weight is 516 g/mol. The molecule has 0 radical (unpaired) electrons. The van der Waals surface area contributed by atoms with Crippen molar-refractivity contribution >= 4 is 52.4 Å². The lowest BCUT2D eigenvalue weighted by Crippen LogP contribution is -2.15. The number of carbonyl (C=O) groups excluding carboxylic acids is 2. The van der Waals surface area contributed by atoms with E-state index in [2.05, 4.69) is 20.1 Å². The third-order valence-corrected chi connectivity index (χ3v) is 5.80. The number of carbonyl (C=O) groups is 2. The summed E-state index contributed by atoms with van der Waals surface area (Å²) in [5.41, 5.74) is 3.23. The minimum Gasteiger partial charge on any atom is -0.464 e. The van der Waals surface area contributed by atoms with E-state index >= 15 is 0 Å². The standard InChI is InChI=1S/C24H17Cl3N4O3/c1-13-21(23(32)29-17-9-10-28-19(12-17)24(33)34-2)30-31(20-8-7-16(26)11-18(20)27)22(13)14-3-5-15(25)6-4-14/h3-12H,1-2H3,(H,28,29,32). The fraction of sp³-hybridized carbons (Fsp3) is 0.0833. The van der Waals surface area contributed by atoms with Crippen LogP contribution in [-0.4, -0.2) is 33.8 Å². The first-order valence-corrected chi connectivity index (χ1v) is 11.1. The number of nitrogens with one attached hydrogen (secondary N) is 1. The molecule has 2 aromatic carbocycles. The van der Waals surface area contributed by atoms with E-state index in [4.69, 9.17) is 34.8 Å². The van der Waals surface area contributed by atoms with Crippen LogP contribution >= 0.6 is 34.8 Å². The zero-order chi connectivity index (χ0) is 24.4. The van der Waals surface area contributed by atoms with E-state index in [1.165, 1.54) is 19.4 Å². The van der Waals surface area contributed by atoms with Gasteiger partial charge < -0.3 is 10.1 Å². The first-order chi connectivity index (χ1) is 16.3. The van der Waals surface area contributed by atoms with Gasteiger partial charge in [-0.2, -0.15) is 5.10 Å². The van der Waals surface area contributed by atoms with Gasteiger partial charge in [0.1, 0.15) is 5.69 Å². The molecule has 4 aromatic rings. The minimum atomic E-state index is -0.612. The van der Waals surface area contributed by atoms with Crippen LogP contribution in [0.3, 0.4) is 0 Å². The van der Waals surface area contributed by atoms with E-state index < -0.39 is 11.9 Å². The molecule has 0 aliphatic rings. The number of hydrogen-bond donors (Lipinski definition) is 1. The number of benzene rings is 2. The molecule has 0 bridgehead atoms. The van der Waals surface area contributed by atoms with Crippen molar-refractivity contribution in [2.45, 2.75) is 6.92 Å². The highest BCUT2D eigenvalue weighted by molar-refractivity contribution is 6.35. The highest BCUT2D eigenvalue weighted by Crippen LogP contribution is 2.33. The Morgan fingerprint density at radius 3 is 2.35 bits per heavy atom. The second-order valence-corrected chi connectivity index (χ2v) is 8.49. The lowest BCUT2D eigenvalue weighted by molar-refractivity contribution is 0.0594. The van der Waals surface area contributed by atoms with Crippen LogP contribution in [0.1, 0.15) is 26.5 Å². The SMILES string of the molecule is COC(=O)c1cc(NC(=O)c2nn(-c3ccc(Cl)cc3Cl)c(-c3ccc(Cl)cc3)c2C)ccn1. The van der Waals surface area contributed by atoms with Crippen LogP contribution < -0.4 is 5.32 Å². The molecule has 172 valence electrons. The van der Waals surface area contributed by atoms with Crippen LogP contribution in [0.2, 0.25) is 15.1 Å². The van der Waals surface area contributed by atoms with Crippen molar-refractivity contribution in [3.05, 3.63) is 92.8 Å². The monoisotopic (exact) mass is 514 g/mol. The molecule has 0 aliphatic carbocycles. The summed E-state index contributed by atoms with van der Waals surface area (Å²) in [6.07, 6.45) is 1.40. The summed E-state index contributed by atoms with van der Waals surface area (Å²) in [5, 5.41) is 8.75. The molecule has 7 nitrogen and oxygen atoms in total. The van der Waals surface area contributed by atoms with Crippen molar-refractivity contribution < 1.29 is 14.3 Å². The van der Waals surface area contributed by atoms with Gasteiger partial charge in [0.25, 0.3) is 5.91 Å². The van der Waals surface area contributed by atoms with E-state index in [1.807, 2.05) is 12.1 Å². The first-order valence-electron chi connectivity index (χ1n) is 9.95. The number of anilines is 1. The molecule has 34 heavy (non-hydrogen) atoms. The van der Waals surface area contributed by atoms with Gasteiger partial charge in [-0.05, 0) is 49.4 Å². The van der Waals surface area contributed by atoms with Gasteiger partial charge in [-0.1, -0.05) is 46.9 Å². The summed E-state index contributed by atoms with van der Waals surface area (Å²) in [6, 6.07) is 15.2. The highest BCUT2D eigenvalue weighted by atomic mass is 35.5. The lowest BCUT2D eigenvalue weighted by atomic mass is 10.1. The maximum Gasteiger partial charge on any atom is 0.356 e. The minimum absolute atomic E-state index is 0.0670. The molecule has 0 unspecified atom stereocenters. The van der Waals surface area contributed by atoms with Crippen LogP contribution in [0, 0.1) is 6.92 Å². The largest absolute Gasteiger partial charge is 0.464 e. The predicted molar refractivity (Wildman–Crippen MR) is 132 cm³/mol. The Kier molecular flexibility index (Phi) is 6.88. The number of rotatable bonds is 5. The van der Waals surface area contributed by atoms with Gasteiger partial charge in [0.2, 0.25) is 0 Å². The van der Waals surface area contributed by atoms with Crippen molar-refractivity contribution in [1.82, 2.24) is 14.8 Å². The molecule has 0 saturated heterocycles. The van der Waals surface area contributed by atoms with E-state index in [-0.39, 0.29) is 11.4 Å². The number of halogens is 3. The molecule has 1 amide bonds. The Morgan fingerprint density at radius 2 is 1.68 bits per heavy atom. The number of hydrogen-bond acceptors (Lipinski definition) is 5. The van der Waals surface area contributed by atoms with Crippen molar-refractivity contribution in [3.63, 3.8) is 0 Å². The zero-order valence-electron chi connectivity index (χ0n) is 18.0. The van der Waals surface area contributed by atoms with Gasteiger partial charge in [0, 0.05) is 33.1 Å². The third-order valence-electron chi connectivity index (χ3n) is 5.01. The maximum atomic E-state index is 13.2. The summed E-state index contributed by atoms with van der Waals surface area (Å²) >= 11 is 18.6. The Bertz CT molecular complexity index is 1400. The summed E-state index contributed by atoms with van der Waals surface area (Å²) in [7, 11) is 1.26. The van der Waals surface area contributed by atoms with Gasteiger partial charge in [0.05, 0.1) is 23.5 Å². The normalized spacial score (nSPS) is 10.7. The van der Waals surface area contributed by atoms with Gasteiger partial charge in [-0.3, -0.25) is 4.79 Å². The number of pyridine rings is 1. The predicted octanol–water partition coefficient (Wildman–Crippen LogP) is 6.24. The zero-order valence-corrected chi connectivity index (χ0v) is 20.2. The van der Waals surface area contributed by atoms with E-state index in [0.717, 1.165) is 5.56 Å². The lowest BCUT2D eigenvalue weighted by Gasteiger charge is -2.11. The fourth-order valence-corrected chi connectivity index (χ4v) is 4.01. The second-order valence-electron chi connectivity index (χ2n) is 7.21. The number of ether oxygens (including phenoxy) is 1. The summed E-state index contributed by atoms with van der Waals surface area (Å²) in [5.74, 6) is -1.09. The van der Waals surface area contributed by atoms with Gasteiger partial charge >= 0.3 is 5.97 Å². The molecular formula is C24H17Cl3N4O3. The maximum absolute atomic E-state index is 13.2. The molecule has 0 spiro atoms. The van der Waals surface area contributed by atoms with E-state index in [0.29, 0.717) is 37.7 Å². The molecule has 0 aliphatic heterocycles. The number of aromatic nitrogens is 3. The topological polar surface area (TPSA) is 86.1 Å². The molecule has 0 saturated carbocycles. The first kappa shape index (κ1) is 23.8. The third kappa shape index (κ3) is 4.77. The second kappa shape index (κ2) is 9.85. The molecule has 4 rings (SSSR count). The van der Waals surface area contributed by atoms with Crippen molar-refractivity contribution in [2.24, 2.45) is 0 Å². The van der Waals surface area contributed by atoms with Gasteiger partial charge in [0.15, 0.2) is 5.69 Å². The van der Waals surface area contributed by atoms with E-state index in [1.54, 1.807) is 48.0 Å². The quantitative estimate of drug-likeness (QED) is 0.318. The van der Waals surface area contributed by atoms with Crippen molar-refractivity contribution in [1.29, 1.82) is 0 Å².